The summed E-state index contributed by atoms with van der Waals surface area (Å²) in [6.45, 7) is 7.65. The molecular weight excluding hydrogens is 176 g/mol. The van der Waals surface area contributed by atoms with Gasteiger partial charge in [0.1, 0.15) is 11.9 Å². The van der Waals surface area contributed by atoms with Gasteiger partial charge in [-0.05, 0) is 18.8 Å². The molecule has 2 N–H and O–H groups in total. The van der Waals surface area contributed by atoms with E-state index in [1.54, 1.807) is 0 Å². The highest BCUT2D eigenvalue weighted by molar-refractivity contribution is 4.92. The van der Waals surface area contributed by atoms with Crippen molar-refractivity contribution in [2.45, 2.75) is 58.5 Å². The van der Waals surface area contributed by atoms with Gasteiger partial charge in [0.15, 0.2) is 0 Å². The molecule has 0 amide bonds. The first-order valence-corrected chi connectivity index (χ1v) is 5.69. The molecule has 0 spiro atoms. The number of aliphatic hydroxyl groups excluding tert-OH is 2. The molecule has 0 aliphatic carbocycles. The van der Waals surface area contributed by atoms with Gasteiger partial charge in [0.05, 0.1) is 0 Å². The van der Waals surface area contributed by atoms with Gasteiger partial charge < -0.3 is 10.2 Å². The summed E-state index contributed by atoms with van der Waals surface area (Å²) in [5, 5.41) is 18.8. The smallest absolute Gasteiger partial charge is 0.114 e. The van der Waals surface area contributed by atoms with Gasteiger partial charge >= 0.3 is 0 Å². The van der Waals surface area contributed by atoms with E-state index in [0.717, 1.165) is 25.7 Å². The zero-order valence-electron chi connectivity index (χ0n) is 9.50. The Kier molecular flexibility index (Phi) is 7.58. The summed E-state index contributed by atoms with van der Waals surface area (Å²) < 4.78 is 0. The second kappa shape index (κ2) is 7.86. The molecule has 0 aromatic carbocycles. The van der Waals surface area contributed by atoms with Crippen LogP contribution in [0.15, 0.2) is 12.3 Å². The number of hydrogen-bond donors (Lipinski definition) is 2. The highest BCUT2D eigenvalue weighted by Crippen LogP contribution is 2.22. The molecule has 2 heteroatoms. The molecule has 84 valence electrons. The lowest BCUT2D eigenvalue weighted by atomic mass is 9.90. The molecule has 0 fully saturated rings. The molecule has 2 atom stereocenters. The average Bonchev–Trinajstić information content (AvgIpc) is 2.15. The second-order valence-corrected chi connectivity index (χ2v) is 3.98. The van der Waals surface area contributed by atoms with Crippen LogP contribution in [0.1, 0.15) is 52.4 Å². The first-order chi connectivity index (χ1) is 6.63. The van der Waals surface area contributed by atoms with Crippen molar-refractivity contribution in [3.05, 3.63) is 12.3 Å². The van der Waals surface area contributed by atoms with Crippen molar-refractivity contribution in [3.63, 3.8) is 0 Å². The summed E-state index contributed by atoms with van der Waals surface area (Å²) in [5.74, 6) is 0.101. The minimum Gasteiger partial charge on any atom is -0.510 e. The van der Waals surface area contributed by atoms with Crippen LogP contribution >= 0.6 is 0 Å². The fourth-order valence-electron chi connectivity index (χ4n) is 1.76. The fourth-order valence-corrected chi connectivity index (χ4v) is 1.76. The van der Waals surface area contributed by atoms with Crippen LogP contribution in [0, 0.1) is 5.92 Å². The van der Waals surface area contributed by atoms with Crippen molar-refractivity contribution in [1.29, 1.82) is 0 Å². The summed E-state index contributed by atoms with van der Waals surface area (Å²) in [6.07, 6.45) is 5.78. The van der Waals surface area contributed by atoms with E-state index in [1.807, 2.05) is 0 Å². The number of hydrogen-bond acceptors (Lipinski definition) is 2. The molecule has 0 heterocycles. The number of rotatable bonds is 8. The van der Waals surface area contributed by atoms with E-state index in [0.29, 0.717) is 0 Å². The SMILES string of the molecule is C=C(O)C(O)C(CCC)CCCCC. The van der Waals surface area contributed by atoms with Crippen LogP contribution < -0.4 is 0 Å². The molecule has 0 aromatic rings. The lowest BCUT2D eigenvalue weighted by Gasteiger charge is -2.21. The Morgan fingerprint density at radius 1 is 1.14 bits per heavy atom. The Bertz CT molecular complexity index is 154. The normalized spacial score (nSPS) is 15.1. The lowest BCUT2D eigenvalue weighted by Crippen LogP contribution is -2.22. The molecule has 0 aliphatic heterocycles. The van der Waals surface area contributed by atoms with Gasteiger partial charge in [0.2, 0.25) is 0 Å². The Labute approximate surface area is 87.7 Å². The van der Waals surface area contributed by atoms with Crippen LogP contribution in [0.2, 0.25) is 0 Å². The van der Waals surface area contributed by atoms with Crippen molar-refractivity contribution < 1.29 is 10.2 Å². The maximum Gasteiger partial charge on any atom is 0.114 e. The summed E-state index contributed by atoms with van der Waals surface area (Å²) in [5.41, 5.74) is 0. The van der Waals surface area contributed by atoms with E-state index in [2.05, 4.69) is 20.4 Å². The van der Waals surface area contributed by atoms with Crippen molar-refractivity contribution in [2.75, 3.05) is 0 Å². The Balaban J connectivity index is 3.93. The van der Waals surface area contributed by atoms with E-state index in [4.69, 9.17) is 5.11 Å². The fraction of sp³-hybridized carbons (Fsp3) is 0.833. The molecule has 2 unspecified atom stereocenters. The predicted octanol–water partition coefficient (Wildman–Crippen LogP) is 3.42. The molecule has 0 aromatic heterocycles. The molecule has 0 saturated carbocycles. The zero-order chi connectivity index (χ0) is 11.0. The van der Waals surface area contributed by atoms with Crippen LogP contribution in [0.4, 0.5) is 0 Å². The van der Waals surface area contributed by atoms with E-state index < -0.39 is 6.10 Å². The van der Waals surface area contributed by atoms with Crippen molar-refractivity contribution in [2.24, 2.45) is 5.92 Å². The summed E-state index contributed by atoms with van der Waals surface area (Å²) >= 11 is 0. The minimum atomic E-state index is -0.730. The van der Waals surface area contributed by atoms with Crippen LogP contribution in [0.25, 0.3) is 0 Å². The number of unbranched alkanes of at least 4 members (excludes halogenated alkanes) is 2. The number of aliphatic hydroxyl groups is 2. The largest absolute Gasteiger partial charge is 0.510 e. The highest BCUT2D eigenvalue weighted by atomic mass is 16.3. The topological polar surface area (TPSA) is 40.5 Å². The Morgan fingerprint density at radius 2 is 1.79 bits per heavy atom. The van der Waals surface area contributed by atoms with Crippen molar-refractivity contribution in [3.8, 4) is 0 Å². The highest BCUT2D eigenvalue weighted by Gasteiger charge is 2.19. The van der Waals surface area contributed by atoms with Gasteiger partial charge in [-0.3, -0.25) is 0 Å². The van der Waals surface area contributed by atoms with Gasteiger partial charge in [-0.25, -0.2) is 0 Å². The Hall–Kier alpha value is -0.500. The maximum atomic E-state index is 9.67. The second-order valence-electron chi connectivity index (χ2n) is 3.98. The third-order valence-electron chi connectivity index (χ3n) is 2.63. The first-order valence-electron chi connectivity index (χ1n) is 5.69. The van der Waals surface area contributed by atoms with Crippen LogP contribution in [0.3, 0.4) is 0 Å². The molecule has 0 aliphatic rings. The zero-order valence-corrected chi connectivity index (χ0v) is 9.50. The van der Waals surface area contributed by atoms with Crippen LogP contribution in [-0.4, -0.2) is 16.3 Å². The molecule has 0 bridgehead atoms. The average molecular weight is 200 g/mol. The first kappa shape index (κ1) is 13.5. The lowest BCUT2D eigenvalue weighted by molar-refractivity contribution is 0.0865. The van der Waals surface area contributed by atoms with E-state index in [-0.39, 0.29) is 11.7 Å². The molecule has 0 rings (SSSR count). The van der Waals surface area contributed by atoms with E-state index in [9.17, 15) is 5.11 Å². The van der Waals surface area contributed by atoms with Gasteiger partial charge in [-0.2, -0.15) is 0 Å². The van der Waals surface area contributed by atoms with Crippen molar-refractivity contribution in [1.82, 2.24) is 0 Å². The van der Waals surface area contributed by atoms with E-state index in [1.165, 1.54) is 12.8 Å². The molecule has 0 saturated heterocycles. The predicted molar refractivity (Wildman–Crippen MR) is 60.3 cm³/mol. The van der Waals surface area contributed by atoms with Gasteiger partial charge in [0.25, 0.3) is 0 Å². The minimum absolute atomic E-state index is 0.0834. The summed E-state index contributed by atoms with van der Waals surface area (Å²) in [6, 6.07) is 0. The maximum absolute atomic E-state index is 9.67. The van der Waals surface area contributed by atoms with Crippen LogP contribution in [-0.2, 0) is 0 Å². The molecule has 14 heavy (non-hydrogen) atoms. The standard InChI is InChI=1S/C12H24O2/c1-4-6-7-9-11(8-5-2)12(14)10(3)13/h11-14H,3-9H2,1-2H3. The molecule has 0 radical (unpaired) electrons. The molecule has 2 nitrogen and oxygen atoms in total. The third kappa shape index (κ3) is 5.28. The van der Waals surface area contributed by atoms with Crippen LogP contribution in [0.5, 0.6) is 0 Å². The van der Waals surface area contributed by atoms with E-state index >= 15 is 0 Å². The Morgan fingerprint density at radius 3 is 2.21 bits per heavy atom. The monoisotopic (exact) mass is 200 g/mol. The van der Waals surface area contributed by atoms with Gasteiger partial charge in [0, 0.05) is 0 Å². The van der Waals surface area contributed by atoms with Gasteiger partial charge in [-0.1, -0.05) is 46.1 Å². The van der Waals surface area contributed by atoms with Crippen molar-refractivity contribution >= 4 is 0 Å². The third-order valence-corrected chi connectivity index (χ3v) is 2.63. The quantitative estimate of drug-likeness (QED) is 0.465. The molecular formula is C12H24O2. The summed E-state index contributed by atoms with van der Waals surface area (Å²) in [7, 11) is 0. The van der Waals surface area contributed by atoms with Gasteiger partial charge in [-0.15, -0.1) is 0 Å². The summed E-state index contributed by atoms with van der Waals surface area (Å²) in [4.78, 5) is 0.